The zero-order chi connectivity index (χ0) is 13.7. The Bertz CT molecular complexity index is 420. The Kier molecular flexibility index (Phi) is 4.85. The van der Waals surface area contributed by atoms with Crippen LogP contribution in [-0.2, 0) is 4.74 Å². The molecule has 1 aromatic rings. The van der Waals surface area contributed by atoms with E-state index in [1.54, 1.807) is 6.07 Å². The molecule has 106 valence electrons. The van der Waals surface area contributed by atoms with Crippen molar-refractivity contribution in [1.29, 1.82) is 0 Å². The van der Waals surface area contributed by atoms with Crippen molar-refractivity contribution in [2.45, 2.75) is 31.8 Å². The fourth-order valence-electron chi connectivity index (χ4n) is 2.35. The molecule has 0 amide bonds. The average Bonchev–Trinajstić information content (AvgIpc) is 2.90. The molecule has 0 saturated heterocycles. The lowest BCUT2D eigenvalue weighted by atomic mass is 10.2. The summed E-state index contributed by atoms with van der Waals surface area (Å²) in [7, 11) is 1.51. The Morgan fingerprint density at radius 2 is 2.11 bits per heavy atom. The first-order valence-corrected chi connectivity index (χ1v) is 6.69. The molecule has 1 saturated carbocycles. The second-order valence-electron chi connectivity index (χ2n) is 4.78. The molecule has 1 aliphatic rings. The molecule has 1 aromatic carbocycles. The van der Waals surface area contributed by atoms with Crippen LogP contribution in [0.15, 0.2) is 12.1 Å². The SMILES string of the molecule is COc1cc(NCCOC2CCCC2)c(F)cc1N. The summed E-state index contributed by atoms with van der Waals surface area (Å²) in [6.07, 6.45) is 5.17. The maximum absolute atomic E-state index is 13.7. The van der Waals surface area contributed by atoms with E-state index in [1.807, 2.05) is 0 Å². The molecular weight excluding hydrogens is 247 g/mol. The van der Waals surface area contributed by atoms with Gasteiger partial charge in [-0.3, -0.25) is 0 Å². The Balaban J connectivity index is 1.81. The first-order valence-electron chi connectivity index (χ1n) is 6.69. The van der Waals surface area contributed by atoms with Crippen LogP contribution in [0, 0.1) is 5.82 Å². The number of nitrogens with two attached hydrogens (primary N) is 1. The van der Waals surface area contributed by atoms with Gasteiger partial charge in [-0.2, -0.15) is 0 Å². The van der Waals surface area contributed by atoms with E-state index in [9.17, 15) is 4.39 Å². The molecule has 0 atom stereocenters. The Morgan fingerprint density at radius 3 is 2.79 bits per heavy atom. The van der Waals surface area contributed by atoms with E-state index in [0.717, 1.165) is 12.8 Å². The third kappa shape index (κ3) is 3.73. The summed E-state index contributed by atoms with van der Waals surface area (Å²) in [4.78, 5) is 0. The minimum Gasteiger partial charge on any atom is -0.495 e. The molecule has 5 heteroatoms. The summed E-state index contributed by atoms with van der Waals surface area (Å²) < 4.78 is 24.4. The lowest BCUT2D eigenvalue weighted by Gasteiger charge is -2.13. The van der Waals surface area contributed by atoms with Crippen LogP contribution in [0.1, 0.15) is 25.7 Å². The van der Waals surface area contributed by atoms with Gasteiger partial charge in [-0.1, -0.05) is 12.8 Å². The number of anilines is 2. The van der Waals surface area contributed by atoms with Crippen LogP contribution < -0.4 is 15.8 Å². The largest absolute Gasteiger partial charge is 0.495 e. The molecule has 3 N–H and O–H groups in total. The second kappa shape index (κ2) is 6.61. The van der Waals surface area contributed by atoms with E-state index in [1.165, 1.54) is 26.0 Å². The summed E-state index contributed by atoms with van der Waals surface area (Å²) in [6, 6.07) is 2.83. The maximum atomic E-state index is 13.7. The predicted molar refractivity (Wildman–Crippen MR) is 74.1 cm³/mol. The number of methoxy groups -OCH3 is 1. The lowest BCUT2D eigenvalue weighted by Crippen LogP contribution is -2.16. The minimum absolute atomic E-state index is 0.299. The van der Waals surface area contributed by atoms with Crippen molar-refractivity contribution >= 4 is 11.4 Å². The number of hydrogen-bond acceptors (Lipinski definition) is 4. The number of nitrogen functional groups attached to an aromatic ring is 1. The van der Waals surface area contributed by atoms with Crippen molar-refractivity contribution in [3.63, 3.8) is 0 Å². The highest BCUT2D eigenvalue weighted by Gasteiger charge is 2.15. The molecule has 2 rings (SSSR count). The van der Waals surface area contributed by atoms with Crippen molar-refractivity contribution in [3.8, 4) is 5.75 Å². The monoisotopic (exact) mass is 268 g/mol. The molecule has 0 unspecified atom stereocenters. The van der Waals surface area contributed by atoms with Gasteiger partial charge in [0.1, 0.15) is 11.6 Å². The fraction of sp³-hybridized carbons (Fsp3) is 0.571. The molecule has 1 aliphatic carbocycles. The molecule has 0 spiro atoms. The minimum atomic E-state index is -0.376. The number of benzene rings is 1. The van der Waals surface area contributed by atoms with Gasteiger partial charge in [-0.25, -0.2) is 4.39 Å². The number of nitrogens with one attached hydrogen (secondary N) is 1. The predicted octanol–water partition coefficient (Wildman–Crippen LogP) is 2.79. The third-order valence-corrected chi connectivity index (χ3v) is 3.39. The molecule has 19 heavy (non-hydrogen) atoms. The van der Waals surface area contributed by atoms with E-state index in [0.29, 0.717) is 36.4 Å². The van der Waals surface area contributed by atoms with Crippen molar-refractivity contribution in [2.75, 3.05) is 31.3 Å². The zero-order valence-electron chi connectivity index (χ0n) is 11.2. The highest BCUT2D eigenvalue weighted by molar-refractivity contribution is 5.62. The highest BCUT2D eigenvalue weighted by atomic mass is 19.1. The standard InChI is InChI=1S/C14H21FN2O2/c1-18-14-9-13(11(15)8-12(14)16)17-6-7-19-10-4-2-3-5-10/h8-10,17H,2-7,16H2,1H3. The fourth-order valence-corrected chi connectivity index (χ4v) is 2.35. The first kappa shape index (κ1) is 13.9. The summed E-state index contributed by atoms with van der Waals surface area (Å²) in [5, 5.41) is 3.00. The quantitative estimate of drug-likeness (QED) is 0.615. The van der Waals surface area contributed by atoms with Gasteiger partial charge in [-0.05, 0) is 12.8 Å². The second-order valence-corrected chi connectivity index (χ2v) is 4.78. The number of ether oxygens (including phenoxy) is 2. The molecule has 4 nitrogen and oxygen atoms in total. The molecule has 0 bridgehead atoms. The highest BCUT2D eigenvalue weighted by Crippen LogP contribution is 2.28. The van der Waals surface area contributed by atoms with Crippen molar-refractivity contribution in [1.82, 2.24) is 0 Å². The van der Waals surface area contributed by atoms with Crippen LogP contribution in [0.3, 0.4) is 0 Å². The third-order valence-electron chi connectivity index (χ3n) is 3.39. The Hall–Kier alpha value is -1.49. The van der Waals surface area contributed by atoms with Gasteiger partial charge in [0.15, 0.2) is 0 Å². The smallest absolute Gasteiger partial charge is 0.148 e. The molecular formula is C14H21FN2O2. The average molecular weight is 268 g/mol. The van der Waals surface area contributed by atoms with E-state index in [-0.39, 0.29) is 5.82 Å². The van der Waals surface area contributed by atoms with Gasteiger partial charge in [-0.15, -0.1) is 0 Å². The molecule has 0 heterocycles. The summed E-state index contributed by atoms with van der Waals surface area (Å²) in [6.45, 7) is 1.15. The van der Waals surface area contributed by atoms with Gasteiger partial charge in [0.05, 0.1) is 31.2 Å². The van der Waals surface area contributed by atoms with E-state index in [4.69, 9.17) is 15.2 Å². The Labute approximate surface area is 113 Å². The van der Waals surface area contributed by atoms with Crippen LogP contribution in [0.2, 0.25) is 0 Å². The Morgan fingerprint density at radius 1 is 1.37 bits per heavy atom. The van der Waals surface area contributed by atoms with E-state index >= 15 is 0 Å². The summed E-state index contributed by atoms with van der Waals surface area (Å²) in [5.74, 6) is 0.0970. The lowest BCUT2D eigenvalue weighted by molar-refractivity contribution is 0.0659. The van der Waals surface area contributed by atoms with Gasteiger partial charge in [0.2, 0.25) is 0 Å². The van der Waals surface area contributed by atoms with Crippen LogP contribution in [0.5, 0.6) is 5.75 Å². The van der Waals surface area contributed by atoms with Crippen LogP contribution in [0.25, 0.3) is 0 Å². The van der Waals surface area contributed by atoms with Gasteiger partial charge in [0, 0.05) is 18.7 Å². The van der Waals surface area contributed by atoms with Gasteiger partial charge < -0.3 is 20.5 Å². The summed E-state index contributed by atoms with van der Waals surface area (Å²) in [5.41, 5.74) is 6.31. The van der Waals surface area contributed by atoms with Crippen molar-refractivity contribution in [3.05, 3.63) is 17.9 Å². The molecule has 0 radical (unpaired) electrons. The van der Waals surface area contributed by atoms with E-state index in [2.05, 4.69) is 5.32 Å². The van der Waals surface area contributed by atoms with Crippen molar-refractivity contribution in [2.24, 2.45) is 0 Å². The number of rotatable bonds is 6. The van der Waals surface area contributed by atoms with Crippen LogP contribution in [-0.4, -0.2) is 26.4 Å². The normalized spacial score (nSPS) is 15.7. The number of halogens is 1. The van der Waals surface area contributed by atoms with E-state index < -0.39 is 0 Å². The van der Waals surface area contributed by atoms with Gasteiger partial charge >= 0.3 is 0 Å². The molecule has 1 fully saturated rings. The topological polar surface area (TPSA) is 56.5 Å². The zero-order valence-corrected chi connectivity index (χ0v) is 11.2. The maximum Gasteiger partial charge on any atom is 0.148 e. The van der Waals surface area contributed by atoms with Gasteiger partial charge in [0.25, 0.3) is 0 Å². The first-order chi connectivity index (χ1) is 9.20. The number of hydrogen-bond donors (Lipinski definition) is 2. The van der Waals surface area contributed by atoms with Crippen LogP contribution >= 0.6 is 0 Å². The van der Waals surface area contributed by atoms with Crippen LogP contribution in [0.4, 0.5) is 15.8 Å². The molecule has 0 aliphatic heterocycles. The summed E-state index contributed by atoms with van der Waals surface area (Å²) >= 11 is 0. The van der Waals surface area contributed by atoms with Crippen molar-refractivity contribution < 1.29 is 13.9 Å². The molecule has 0 aromatic heterocycles.